The van der Waals surface area contributed by atoms with E-state index in [1.165, 1.54) is 0 Å². The van der Waals surface area contributed by atoms with Crippen molar-refractivity contribution in [1.82, 2.24) is 4.90 Å². The Morgan fingerprint density at radius 1 is 1.37 bits per heavy atom. The number of nitrogens with zero attached hydrogens (tertiary/aromatic N) is 2. The Bertz CT molecular complexity index is 461. The van der Waals surface area contributed by atoms with Gasteiger partial charge in [-0.05, 0) is 18.9 Å². The Morgan fingerprint density at radius 3 is 2.63 bits per heavy atom. The Balaban J connectivity index is 2.00. The van der Waals surface area contributed by atoms with Gasteiger partial charge in [-0.2, -0.15) is 0 Å². The number of carbonyl (C=O) groups excluding carboxylic acids is 1. The van der Waals surface area contributed by atoms with E-state index in [1.54, 1.807) is 0 Å². The van der Waals surface area contributed by atoms with Crippen LogP contribution in [0.4, 0.5) is 0 Å². The quantitative estimate of drug-likeness (QED) is 0.616. The molecule has 102 valence electrons. The molecule has 0 saturated carbocycles. The fourth-order valence-electron chi connectivity index (χ4n) is 2.68. The lowest BCUT2D eigenvalue weighted by Gasteiger charge is -2.36. The van der Waals surface area contributed by atoms with Crippen LogP contribution < -0.4 is 0 Å². The van der Waals surface area contributed by atoms with Crippen molar-refractivity contribution in [2.24, 2.45) is 5.92 Å². The Labute approximate surface area is 112 Å². The fraction of sp³-hybridized carbons (Fsp3) is 0.500. The molecule has 0 aromatic heterocycles. The zero-order valence-corrected chi connectivity index (χ0v) is 11.0. The summed E-state index contributed by atoms with van der Waals surface area (Å²) in [4.78, 5) is 24.1. The zero-order valence-electron chi connectivity index (χ0n) is 11.0. The molecule has 1 aromatic rings. The van der Waals surface area contributed by atoms with Crippen molar-refractivity contribution in [3.8, 4) is 0 Å². The topological polar surface area (TPSA) is 63.5 Å². The molecule has 0 N–H and O–H groups in total. The standard InChI is InChI=1S/C14H18N2O3/c1-11-7-13(10-16(18)19)8-14(17)15(11)9-12-5-3-2-4-6-12/h2-6,11,13H,7-10H2,1H3/t11-,13-/m0/s1. The van der Waals surface area contributed by atoms with Gasteiger partial charge < -0.3 is 4.90 Å². The van der Waals surface area contributed by atoms with Gasteiger partial charge in [-0.15, -0.1) is 0 Å². The van der Waals surface area contributed by atoms with Gasteiger partial charge in [0, 0.05) is 29.8 Å². The number of hydrogen-bond acceptors (Lipinski definition) is 3. The van der Waals surface area contributed by atoms with Crippen molar-refractivity contribution in [3.63, 3.8) is 0 Å². The highest BCUT2D eigenvalue weighted by atomic mass is 16.6. The molecule has 0 aliphatic carbocycles. The van der Waals surface area contributed by atoms with Crippen LogP contribution in [0.25, 0.3) is 0 Å². The highest BCUT2D eigenvalue weighted by Gasteiger charge is 2.33. The lowest BCUT2D eigenvalue weighted by atomic mass is 9.91. The van der Waals surface area contributed by atoms with Crippen LogP contribution in [0.5, 0.6) is 0 Å². The van der Waals surface area contributed by atoms with E-state index in [0.29, 0.717) is 13.0 Å². The monoisotopic (exact) mass is 262 g/mol. The lowest BCUT2D eigenvalue weighted by Crippen LogP contribution is -2.45. The minimum absolute atomic E-state index is 0.0226. The predicted octanol–water partition coefficient (Wildman–Crippen LogP) is 2.09. The molecule has 2 rings (SSSR count). The van der Waals surface area contributed by atoms with Crippen molar-refractivity contribution in [2.45, 2.75) is 32.4 Å². The van der Waals surface area contributed by atoms with Gasteiger partial charge in [-0.1, -0.05) is 30.3 Å². The van der Waals surface area contributed by atoms with Crippen LogP contribution in [-0.4, -0.2) is 28.3 Å². The molecular weight excluding hydrogens is 244 g/mol. The molecule has 1 saturated heterocycles. The van der Waals surface area contributed by atoms with Crippen LogP contribution in [0.15, 0.2) is 30.3 Å². The van der Waals surface area contributed by atoms with Gasteiger partial charge in [-0.25, -0.2) is 0 Å². The number of nitro groups is 1. The average Bonchev–Trinajstić information content (AvgIpc) is 2.34. The van der Waals surface area contributed by atoms with E-state index in [9.17, 15) is 14.9 Å². The van der Waals surface area contributed by atoms with Crippen LogP contribution in [0, 0.1) is 16.0 Å². The van der Waals surface area contributed by atoms with Gasteiger partial charge in [0.15, 0.2) is 0 Å². The van der Waals surface area contributed by atoms with Crippen LogP contribution >= 0.6 is 0 Å². The maximum absolute atomic E-state index is 12.1. The summed E-state index contributed by atoms with van der Waals surface area (Å²) in [6, 6.07) is 9.88. The van der Waals surface area contributed by atoms with E-state index >= 15 is 0 Å². The van der Waals surface area contributed by atoms with Crippen LogP contribution in [-0.2, 0) is 11.3 Å². The second-order valence-electron chi connectivity index (χ2n) is 5.18. The van der Waals surface area contributed by atoms with Crippen molar-refractivity contribution >= 4 is 5.91 Å². The molecule has 0 spiro atoms. The van der Waals surface area contributed by atoms with Crippen LogP contribution in [0.1, 0.15) is 25.3 Å². The number of piperidine rings is 1. The minimum Gasteiger partial charge on any atom is -0.336 e. The maximum atomic E-state index is 12.1. The van der Waals surface area contributed by atoms with E-state index in [0.717, 1.165) is 5.56 Å². The first-order valence-corrected chi connectivity index (χ1v) is 6.51. The molecule has 5 heteroatoms. The summed E-state index contributed by atoms with van der Waals surface area (Å²) < 4.78 is 0. The molecule has 1 fully saturated rings. The highest BCUT2D eigenvalue weighted by molar-refractivity contribution is 5.77. The van der Waals surface area contributed by atoms with E-state index in [2.05, 4.69) is 0 Å². The zero-order chi connectivity index (χ0) is 13.8. The van der Waals surface area contributed by atoms with Gasteiger partial charge in [0.05, 0.1) is 0 Å². The van der Waals surface area contributed by atoms with E-state index in [-0.39, 0.29) is 35.8 Å². The van der Waals surface area contributed by atoms with Crippen LogP contribution in [0.2, 0.25) is 0 Å². The Morgan fingerprint density at radius 2 is 2.05 bits per heavy atom. The number of rotatable bonds is 4. The molecule has 0 unspecified atom stereocenters. The van der Waals surface area contributed by atoms with E-state index in [4.69, 9.17) is 0 Å². The van der Waals surface area contributed by atoms with E-state index < -0.39 is 0 Å². The predicted molar refractivity (Wildman–Crippen MR) is 71.0 cm³/mol. The minimum atomic E-state index is -0.322. The third kappa shape index (κ3) is 3.53. The summed E-state index contributed by atoms with van der Waals surface area (Å²) in [6.07, 6.45) is 0.998. The van der Waals surface area contributed by atoms with E-state index in [1.807, 2.05) is 42.2 Å². The summed E-state index contributed by atoms with van der Waals surface area (Å²) in [5.41, 5.74) is 1.09. The largest absolute Gasteiger partial charge is 0.336 e. The Kier molecular flexibility index (Phi) is 4.14. The number of carbonyl (C=O) groups is 1. The van der Waals surface area contributed by atoms with Crippen molar-refractivity contribution in [3.05, 3.63) is 46.0 Å². The van der Waals surface area contributed by atoms with Crippen molar-refractivity contribution in [1.29, 1.82) is 0 Å². The van der Waals surface area contributed by atoms with Gasteiger partial charge in [0.25, 0.3) is 0 Å². The lowest BCUT2D eigenvalue weighted by molar-refractivity contribution is -0.488. The van der Waals surface area contributed by atoms with Gasteiger partial charge >= 0.3 is 0 Å². The number of benzene rings is 1. The molecule has 1 amide bonds. The Hall–Kier alpha value is -1.91. The summed E-state index contributed by atoms with van der Waals surface area (Å²) in [7, 11) is 0. The number of hydrogen-bond donors (Lipinski definition) is 0. The van der Waals surface area contributed by atoms with Gasteiger partial charge in [-0.3, -0.25) is 14.9 Å². The molecule has 2 atom stereocenters. The second kappa shape index (κ2) is 5.82. The molecule has 19 heavy (non-hydrogen) atoms. The van der Waals surface area contributed by atoms with Crippen molar-refractivity contribution < 1.29 is 9.72 Å². The summed E-state index contributed by atoms with van der Waals surface area (Å²) in [5.74, 6) is -0.0982. The number of amides is 1. The first-order valence-electron chi connectivity index (χ1n) is 6.51. The molecule has 1 aliphatic rings. The first kappa shape index (κ1) is 13.5. The molecule has 5 nitrogen and oxygen atoms in total. The van der Waals surface area contributed by atoms with Gasteiger partial charge in [0.1, 0.15) is 0 Å². The first-order chi connectivity index (χ1) is 9.06. The van der Waals surface area contributed by atoms with Crippen LogP contribution in [0.3, 0.4) is 0 Å². The smallest absolute Gasteiger partial charge is 0.223 e. The second-order valence-corrected chi connectivity index (χ2v) is 5.18. The SMILES string of the molecule is C[C@H]1C[C@H](C[N+](=O)[O-])CC(=O)N1Cc1ccccc1. The third-order valence-electron chi connectivity index (χ3n) is 3.59. The summed E-state index contributed by atoms with van der Waals surface area (Å²) in [6.45, 7) is 2.45. The normalized spacial score (nSPS) is 23.4. The third-order valence-corrected chi connectivity index (χ3v) is 3.59. The number of likely N-dealkylation sites (tertiary alicyclic amines) is 1. The van der Waals surface area contributed by atoms with Crippen molar-refractivity contribution in [2.75, 3.05) is 6.54 Å². The average molecular weight is 262 g/mol. The molecule has 1 heterocycles. The maximum Gasteiger partial charge on any atom is 0.223 e. The van der Waals surface area contributed by atoms with Gasteiger partial charge in [0.2, 0.25) is 12.5 Å². The summed E-state index contributed by atoms with van der Waals surface area (Å²) >= 11 is 0. The molecular formula is C14H18N2O3. The fourth-order valence-corrected chi connectivity index (χ4v) is 2.68. The highest BCUT2D eigenvalue weighted by Crippen LogP contribution is 2.25. The molecule has 0 radical (unpaired) electrons. The molecule has 1 aliphatic heterocycles. The molecule has 0 bridgehead atoms. The summed E-state index contributed by atoms with van der Waals surface area (Å²) in [5, 5.41) is 10.5. The molecule has 1 aromatic carbocycles.